The third-order valence-electron chi connectivity index (χ3n) is 4.31. The van der Waals surface area contributed by atoms with Gasteiger partial charge in [-0.1, -0.05) is 12.1 Å². The maximum absolute atomic E-state index is 14.9. The Bertz CT molecular complexity index is 949. The molecule has 0 amide bonds. The largest absolute Gasteiger partial charge is 0.491 e. The second-order valence-corrected chi connectivity index (χ2v) is 6.03. The molecule has 3 rings (SSSR count). The molecule has 0 fully saturated rings. The van der Waals surface area contributed by atoms with Gasteiger partial charge in [-0.15, -0.1) is 0 Å². The quantitative estimate of drug-likeness (QED) is 0.913. The van der Waals surface area contributed by atoms with E-state index in [1.807, 2.05) is 31.1 Å². The number of halogens is 2. The van der Waals surface area contributed by atoms with Gasteiger partial charge >= 0.3 is 0 Å². The van der Waals surface area contributed by atoms with E-state index in [2.05, 4.69) is 0 Å². The van der Waals surface area contributed by atoms with Gasteiger partial charge in [0.25, 0.3) is 0 Å². The molecule has 134 valence electrons. The van der Waals surface area contributed by atoms with Crippen molar-refractivity contribution in [1.29, 1.82) is 5.26 Å². The van der Waals surface area contributed by atoms with Crippen molar-refractivity contribution in [3.63, 3.8) is 0 Å². The number of rotatable bonds is 3. The van der Waals surface area contributed by atoms with E-state index < -0.39 is 23.3 Å². The van der Waals surface area contributed by atoms with Crippen molar-refractivity contribution in [3.05, 3.63) is 64.5 Å². The first-order valence-corrected chi connectivity index (χ1v) is 7.79. The Labute approximate surface area is 149 Å². The summed E-state index contributed by atoms with van der Waals surface area (Å²) in [6.45, 7) is 0. The molecule has 2 N–H and O–H groups in total. The third-order valence-corrected chi connectivity index (χ3v) is 4.31. The zero-order valence-corrected chi connectivity index (χ0v) is 14.5. The molecular weight excluding hydrogens is 340 g/mol. The molecular formula is C19H17F2N3O2. The summed E-state index contributed by atoms with van der Waals surface area (Å²) < 4.78 is 39.1. The maximum atomic E-state index is 14.9. The highest BCUT2D eigenvalue weighted by Gasteiger charge is 2.34. The lowest BCUT2D eigenvalue weighted by Crippen LogP contribution is -2.22. The Kier molecular flexibility index (Phi) is 4.43. The molecule has 0 saturated carbocycles. The predicted octanol–water partition coefficient (Wildman–Crippen LogP) is 3.26. The van der Waals surface area contributed by atoms with E-state index in [-0.39, 0.29) is 17.0 Å². The molecule has 0 aliphatic carbocycles. The number of hydrogen-bond acceptors (Lipinski definition) is 5. The van der Waals surface area contributed by atoms with Crippen molar-refractivity contribution in [3.8, 4) is 17.6 Å². The molecule has 26 heavy (non-hydrogen) atoms. The van der Waals surface area contributed by atoms with Crippen LogP contribution in [0.1, 0.15) is 17.0 Å². The second kappa shape index (κ2) is 6.56. The Morgan fingerprint density at radius 3 is 2.50 bits per heavy atom. The highest BCUT2D eigenvalue weighted by molar-refractivity contribution is 5.61. The zero-order valence-electron chi connectivity index (χ0n) is 14.5. The Morgan fingerprint density at radius 1 is 1.19 bits per heavy atom. The van der Waals surface area contributed by atoms with Gasteiger partial charge in [-0.2, -0.15) is 5.26 Å². The van der Waals surface area contributed by atoms with Crippen molar-refractivity contribution in [1.82, 2.24) is 0 Å². The van der Waals surface area contributed by atoms with E-state index in [9.17, 15) is 14.0 Å². The van der Waals surface area contributed by atoms with Crippen LogP contribution in [0.5, 0.6) is 11.5 Å². The molecule has 2 aromatic rings. The number of allylic oxidation sites excluding steroid dienone is 1. The van der Waals surface area contributed by atoms with Gasteiger partial charge in [0.2, 0.25) is 5.88 Å². The average molecular weight is 357 g/mol. The normalized spacial score (nSPS) is 15.8. The number of methoxy groups -OCH3 is 1. The van der Waals surface area contributed by atoms with Crippen LogP contribution < -0.4 is 20.1 Å². The number of hydrogen-bond donors (Lipinski definition) is 1. The average Bonchev–Trinajstić information content (AvgIpc) is 2.61. The fourth-order valence-corrected chi connectivity index (χ4v) is 3.00. The summed E-state index contributed by atoms with van der Waals surface area (Å²) in [6, 6.07) is 9.69. The fraction of sp³-hybridized carbons (Fsp3) is 0.211. The van der Waals surface area contributed by atoms with E-state index in [1.165, 1.54) is 13.2 Å². The standard InChI is InChI=1S/C19H17F2N3O2/c1-24(2)10-4-5-11-15(8-10)26-19(23)13(9-22)16(11)12-6-7-14(20)18(25-3)17(12)21/h4-8,16H,23H2,1-3H3. The van der Waals surface area contributed by atoms with E-state index in [4.69, 9.17) is 15.2 Å². The molecule has 1 atom stereocenters. The Balaban J connectivity index is 2.25. The van der Waals surface area contributed by atoms with Gasteiger partial charge in [-0.25, -0.2) is 8.78 Å². The van der Waals surface area contributed by atoms with Crippen LogP contribution in [0.25, 0.3) is 0 Å². The fourth-order valence-electron chi connectivity index (χ4n) is 3.00. The Morgan fingerprint density at radius 2 is 1.88 bits per heavy atom. The van der Waals surface area contributed by atoms with Gasteiger partial charge in [0.05, 0.1) is 13.0 Å². The lowest BCUT2D eigenvalue weighted by Gasteiger charge is -2.28. The summed E-state index contributed by atoms with van der Waals surface area (Å²) in [5.41, 5.74) is 7.47. The van der Waals surface area contributed by atoms with Crippen LogP contribution in [-0.2, 0) is 0 Å². The minimum atomic E-state index is -0.873. The summed E-state index contributed by atoms with van der Waals surface area (Å²) in [6.07, 6.45) is 0. The second-order valence-electron chi connectivity index (χ2n) is 6.03. The summed E-state index contributed by atoms with van der Waals surface area (Å²) in [5.74, 6) is -2.71. The molecule has 0 radical (unpaired) electrons. The highest BCUT2D eigenvalue weighted by atomic mass is 19.1. The molecule has 1 aliphatic rings. The summed E-state index contributed by atoms with van der Waals surface area (Å²) in [7, 11) is 4.92. The number of ether oxygens (including phenoxy) is 2. The SMILES string of the molecule is COc1c(F)ccc(C2C(C#N)=C(N)Oc3cc(N(C)C)ccc32)c1F. The molecule has 0 bridgehead atoms. The molecule has 5 nitrogen and oxygen atoms in total. The maximum Gasteiger partial charge on any atom is 0.205 e. The van der Waals surface area contributed by atoms with E-state index >= 15 is 0 Å². The minimum absolute atomic E-state index is 0.0580. The van der Waals surface area contributed by atoms with Crippen LogP contribution in [0.3, 0.4) is 0 Å². The van der Waals surface area contributed by atoms with E-state index in [0.717, 1.165) is 11.8 Å². The molecule has 7 heteroatoms. The van der Waals surface area contributed by atoms with Crippen LogP contribution in [0, 0.1) is 23.0 Å². The lowest BCUT2D eigenvalue weighted by atomic mass is 9.83. The zero-order chi connectivity index (χ0) is 19.0. The third kappa shape index (κ3) is 2.69. The summed E-state index contributed by atoms with van der Waals surface area (Å²) in [5, 5.41) is 9.53. The van der Waals surface area contributed by atoms with Crippen molar-refractivity contribution in [2.45, 2.75) is 5.92 Å². The van der Waals surface area contributed by atoms with Gasteiger partial charge in [-0.05, 0) is 12.1 Å². The van der Waals surface area contributed by atoms with Gasteiger partial charge in [0, 0.05) is 37.0 Å². The van der Waals surface area contributed by atoms with Crippen LogP contribution in [0.4, 0.5) is 14.5 Å². The van der Waals surface area contributed by atoms with Crippen molar-refractivity contribution in [2.24, 2.45) is 5.73 Å². The van der Waals surface area contributed by atoms with Crippen LogP contribution >= 0.6 is 0 Å². The van der Waals surface area contributed by atoms with Gasteiger partial charge < -0.3 is 20.1 Å². The predicted molar refractivity (Wildman–Crippen MR) is 93.0 cm³/mol. The molecule has 0 aromatic heterocycles. The van der Waals surface area contributed by atoms with Crippen LogP contribution in [-0.4, -0.2) is 21.2 Å². The number of benzene rings is 2. The molecule has 0 saturated heterocycles. The molecule has 1 aliphatic heterocycles. The van der Waals surface area contributed by atoms with Crippen molar-refractivity contribution < 1.29 is 18.3 Å². The molecule has 1 heterocycles. The highest BCUT2D eigenvalue weighted by Crippen LogP contribution is 2.45. The van der Waals surface area contributed by atoms with Crippen molar-refractivity contribution >= 4 is 5.69 Å². The van der Waals surface area contributed by atoms with Crippen molar-refractivity contribution in [2.75, 3.05) is 26.1 Å². The van der Waals surface area contributed by atoms with E-state index in [1.54, 1.807) is 12.1 Å². The van der Waals surface area contributed by atoms with Gasteiger partial charge in [0.15, 0.2) is 17.4 Å². The van der Waals surface area contributed by atoms with Gasteiger partial charge in [-0.3, -0.25) is 0 Å². The lowest BCUT2D eigenvalue weighted by molar-refractivity contribution is 0.355. The number of nitrogens with two attached hydrogens (primary N) is 1. The Hall–Kier alpha value is -3.27. The van der Waals surface area contributed by atoms with Crippen LogP contribution in [0.2, 0.25) is 0 Å². The number of nitriles is 1. The molecule has 1 unspecified atom stereocenters. The molecule has 0 spiro atoms. The number of anilines is 1. The smallest absolute Gasteiger partial charge is 0.205 e. The molecule has 2 aromatic carbocycles. The minimum Gasteiger partial charge on any atom is -0.491 e. The van der Waals surface area contributed by atoms with Gasteiger partial charge in [0.1, 0.15) is 17.4 Å². The monoisotopic (exact) mass is 357 g/mol. The first kappa shape index (κ1) is 17.5. The summed E-state index contributed by atoms with van der Waals surface area (Å²) in [4.78, 5) is 1.87. The number of nitrogens with zero attached hydrogens (tertiary/aromatic N) is 2. The van der Waals surface area contributed by atoms with Crippen LogP contribution in [0.15, 0.2) is 41.8 Å². The first-order valence-electron chi connectivity index (χ1n) is 7.79. The summed E-state index contributed by atoms with van der Waals surface area (Å²) >= 11 is 0. The number of fused-ring (bicyclic) bond motifs is 1. The first-order chi connectivity index (χ1) is 12.4. The topological polar surface area (TPSA) is 71.5 Å². The van der Waals surface area contributed by atoms with E-state index in [0.29, 0.717) is 11.3 Å².